The van der Waals surface area contributed by atoms with Crippen LogP contribution in [0.2, 0.25) is 0 Å². The van der Waals surface area contributed by atoms with Gasteiger partial charge in [-0.2, -0.15) is 0 Å². The SMILES string of the molecule is CCc1nnc(NC(=O)CC(c2ccc([N+](=O)[O-])o2)N2C(=O)C3C4C=CC(C4)C3C2=O)s1. The lowest BCUT2D eigenvalue weighted by atomic mass is 9.85. The lowest BCUT2D eigenvalue weighted by molar-refractivity contribution is -0.402. The van der Waals surface area contributed by atoms with Crippen LogP contribution in [0.3, 0.4) is 0 Å². The average Bonchev–Trinajstić information content (AvgIpc) is 3.57. The summed E-state index contributed by atoms with van der Waals surface area (Å²) in [4.78, 5) is 50.8. The molecule has 3 aliphatic rings. The predicted octanol–water partition coefficient (Wildman–Crippen LogP) is 2.48. The van der Waals surface area contributed by atoms with Gasteiger partial charge in [-0.05, 0) is 30.7 Å². The third kappa shape index (κ3) is 3.22. The fourth-order valence-corrected chi connectivity index (χ4v) is 5.66. The largest absolute Gasteiger partial charge is 0.433 e. The number of rotatable bonds is 7. The number of carbonyl (C=O) groups is 3. The van der Waals surface area contributed by atoms with E-state index in [1.165, 1.54) is 17.4 Å². The highest BCUT2D eigenvalue weighted by molar-refractivity contribution is 7.15. The number of allylic oxidation sites excluding steroid dienone is 2. The van der Waals surface area contributed by atoms with Crippen LogP contribution in [-0.4, -0.2) is 37.7 Å². The molecule has 1 saturated carbocycles. The van der Waals surface area contributed by atoms with Crippen LogP contribution in [0.25, 0.3) is 0 Å². The molecule has 5 atom stereocenters. The average molecular weight is 457 g/mol. The Morgan fingerprint density at radius 2 is 1.97 bits per heavy atom. The molecule has 1 aliphatic heterocycles. The Bertz CT molecular complexity index is 1130. The minimum Gasteiger partial charge on any atom is -0.404 e. The highest BCUT2D eigenvalue weighted by Crippen LogP contribution is 2.54. The number of fused-ring (bicyclic) bond motifs is 5. The molecular formula is C20H19N5O6S. The molecule has 0 aromatic carbocycles. The number of aromatic nitrogens is 2. The van der Waals surface area contributed by atoms with Crippen LogP contribution < -0.4 is 5.32 Å². The van der Waals surface area contributed by atoms with Gasteiger partial charge in [0.05, 0.1) is 24.3 Å². The summed E-state index contributed by atoms with van der Waals surface area (Å²) in [5, 5.41) is 22.6. The van der Waals surface area contributed by atoms with Crippen LogP contribution in [0.4, 0.5) is 11.0 Å². The Kier molecular flexibility index (Phi) is 4.88. The summed E-state index contributed by atoms with van der Waals surface area (Å²) < 4.78 is 5.31. The van der Waals surface area contributed by atoms with Crippen molar-refractivity contribution >= 4 is 40.1 Å². The summed E-state index contributed by atoms with van der Waals surface area (Å²) in [5.41, 5.74) is 0. The molecule has 11 nitrogen and oxygen atoms in total. The molecule has 2 aromatic heterocycles. The molecule has 5 unspecified atom stereocenters. The summed E-state index contributed by atoms with van der Waals surface area (Å²) in [6.45, 7) is 1.91. The summed E-state index contributed by atoms with van der Waals surface area (Å²) in [5.74, 6) is -2.65. The van der Waals surface area contributed by atoms with Crippen LogP contribution >= 0.6 is 11.3 Å². The monoisotopic (exact) mass is 457 g/mol. The topological polar surface area (TPSA) is 149 Å². The summed E-state index contributed by atoms with van der Waals surface area (Å²) in [6, 6.07) is 1.39. The van der Waals surface area contributed by atoms with Gasteiger partial charge in [0, 0.05) is 0 Å². The Morgan fingerprint density at radius 1 is 1.28 bits per heavy atom. The minimum atomic E-state index is -1.09. The molecule has 3 amide bonds. The zero-order chi connectivity index (χ0) is 22.6. The number of nitrogens with one attached hydrogen (secondary N) is 1. The number of imide groups is 1. The Hall–Kier alpha value is -3.41. The van der Waals surface area contributed by atoms with Gasteiger partial charge in [-0.1, -0.05) is 30.4 Å². The smallest absolute Gasteiger partial charge is 0.404 e. The molecule has 1 N–H and O–H groups in total. The van der Waals surface area contributed by atoms with Crippen molar-refractivity contribution in [1.29, 1.82) is 0 Å². The maximum absolute atomic E-state index is 13.3. The van der Waals surface area contributed by atoms with Crippen molar-refractivity contribution in [2.24, 2.45) is 23.7 Å². The minimum absolute atomic E-state index is 0.000668. The first kappa shape index (κ1) is 20.5. The van der Waals surface area contributed by atoms with Crippen molar-refractivity contribution in [2.45, 2.75) is 32.2 Å². The van der Waals surface area contributed by atoms with E-state index in [0.29, 0.717) is 11.6 Å². The fourth-order valence-electron chi connectivity index (χ4n) is 4.96. The van der Waals surface area contributed by atoms with Gasteiger partial charge in [-0.15, -0.1) is 10.2 Å². The molecule has 166 valence electrons. The summed E-state index contributed by atoms with van der Waals surface area (Å²) in [7, 11) is 0. The van der Waals surface area contributed by atoms with Crippen LogP contribution in [0.5, 0.6) is 0 Å². The second-order valence-corrected chi connectivity index (χ2v) is 9.16. The van der Waals surface area contributed by atoms with Crippen LogP contribution in [0, 0.1) is 33.8 Å². The highest BCUT2D eigenvalue weighted by atomic mass is 32.1. The van der Waals surface area contributed by atoms with Gasteiger partial charge in [0.1, 0.15) is 21.7 Å². The number of hydrogen-bond acceptors (Lipinski definition) is 9. The molecule has 12 heteroatoms. The number of amides is 3. The van der Waals surface area contributed by atoms with Gasteiger partial charge in [0.15, 0.2) is 0 Å². The summed E-state index contributed by atoms with van der Waals surface area (Å²) in [6.07, 6.45) is 5.07. The van der Waals surface area contributed by atoms with Gasteiger partial charge in [-0.3, -0.25) is 29.4 Å². The molecular weight excluding hydrogens is 438 g/mol. The molecule has 2 aromatic rings. The Balaban J connectivity index is 1.43. The first-order valence-corrected chi connectivity index (χ1v) is 11.1. The second-order valence-electron chi connectivity index (χ2n) is 8.10. The normalized spacial score (nSPS) is 26.6. The Morgan fingerprint density at radius 3 is 2.53 bits per heavy atom. The van der Waals surface area contributed by atoms with E-state index in [0.717, 1.165) is 22.4 Å². The fraction of sp³-hybridized carbons (Fsp3) is 0.450. The van der Waals surface area contributed by atoms with Gasteiger partial charge in [-0.25, -0.2) is 0 Å². The first-order chi connectivity index (χ1) is 15.4. The van der Waals surface area contributed by atoms with E-state index in [1.807, 2.05) is 19.1 Å². The standard InChI is InChI=1S/C20H19N5O6S/c1-2-14-22-23-20(32-14)21-13(26)8-11(12-5-6-15(31-12)25(29)30)24-18(27)16-9-3-4-10(7-9)17(16)19(24)28/h3-6,9-11,16-17H,2,7-8H2,1H3,(H,21,23,26). The lowest BCUT2D eigenvalue weighted by Crippen LogP contribution is -2.38. The quantitative estimate of drug-likeness (QED) is 0.288. The molecule has 32 heavy (non-hydrogen) atoms. The number of aryl methyl sites for hydroxylation is 1. The zero-order valence-corrected chi connectivity index (χ0v) is 17.8. The maximum Gasteiger partial charge on any atom is 0.433 e. The second kappa shape index (κ2) is 7.62. The van der Waals surface area contributed by atoms with E-state index in [4.69, 9.17) is 4.42 Å². The van der Waals surface area contributed by atoms with Gasteiger partial charge in [0.2, 0.25) is 22.9 Å². The van der Waals surface area contributed by atoms with Crippen molar-refractivity contribution in [1.82, 2.24) is 15.1 Å². The highest BCUT2D eigenvalue weighted by Gasteiger charge is 2.61. The number of nitrogens with zero attached hydrogens (tertiary/aromatic N) is 4. The number of anilines is 1. The molecule has 2 fully saturated rings. The van der Waals surface area contributed by atoms with E-state index in [2.05, 4.69) is 15.5 Å². The van der Waals surface area contributed by atoms with Crippen LogP contribution in [0.1, 0.15) is 36.6 Å². The lowest BCUT2D eigenvalue weighted by Gasteiger charge is -2.25. The first-order valence-electron chi connectivity index (χ1n) is 10.3. The number of carbonyl (C=O) groups excluding carboxylic acids is 3. The maximum atomic E-state index is 13.3. The molecule has 2 aliphatic carbocycles. The molecule has 3 heterocycles. The number of likely N-dealkylation sites (tertiary alicyclic amines) is 1. The van der Waals surface area contributed by atoms with E-state index >= 15 is 0 Å². The van der Waals surface area contributed by atoms with Crippen LogP contribution in [0.15, 0.2) is 28.7 Å². The van der Waals surface area contributed by atoms with Gasteiger partial charge < -0.3 is 9.73 Å². The predicted molar refractivity (Wildman–Crippen MR) is 110 cm³/mol. The number of nitro groups is 1. The van der Waals surface area contributed by atoms with Crippen molar-refractivity contribution in [3.63, 3.8) is 0 Å². The van der Waals surface area contributed by atoms with E-state index in [9.17, 15) is 24.5 Å². The molecule has 5 rings (SSSR count). The number of furan rings is 1. The Labute approximate surface area is 185 Å². The molecule has 2 bridgehead atoms. The number of hydrogen-bond donors (Lipinski definition) is 1. The van der Waals surface area contributed by atoms with Crippen molar-refractivity contribution in [2.75, 3.05) is 5.32 Å². The van der Waals surface area contributed by atoms with Crippen molar-refractivity contribution in [3.8, 4) is 0 Å². The summed E-state index contributed by atoms with van der Waals surface area (Å²) >= 11 is 1.23. The van der Waals surface area contributed by atoms with E-state index in [1.54, 1.807) is 0 Å². The molecule has 1 saturated heterocycles. The van der Waals surface area contributed by atoms with E-state index in [-0.39, 0.29) is 35.8 Å². The van der Waals surface area contributed by atoms with Crippen LogP contribution in [-0.2, 0) is 20.8 Å². The zero-order valence-electron chi connectivity index (χ0n) is 17.0. The van der Waals surface area contributed by atoms with Gasteiger partial charge in [0.25, 0.3) is 0 Å². The van der Waals surface area contributed by atoms with Gasteiger partial charge >= 0.3 is 5.88 Å². The van der Waals surface area contributed by atoms with E-state index < -0.39 is 34.6 Å². The van der Waals surface area contributed by atoms with Crippen molar-refractivity contribution in [3.05, 3.63) is 45.2 Å². The molecule has 0 spiro atoms. The third-order valence-corrected chi connectivity index (χ3v) is 7.31. The van der Waals surface area contributed by atoms with Crippen molar-refractivity contribution < 1.29 is 23.7 Å². The third-order valence-electron chi connectivity index (χ3n) is 6.33. The molecule has 0 radical (unpaired) electrons.